The molecule has 0 aliphatic carbocycles. The van der Waals surface area contributed by atoms with E-state index in [1.54, 1.807) is 38.0 Å². The molecule has 3 N–H and O–H groups in total. The Bertz CT molecular complexity index is 1250. The summed E-state index contributed by atoms with van der Waals surface area (Å²) in [5.41, 5.74) is 10.3. The van der Waals surface area contributed by atoms with Crippen LogP contribution in [0.2, 0.25) is 0 Å². The number of anilines is 4. The van der Waals surface area contributed by atoms with Crippen LogP contribution in [0.3, 0.4) is 0 Å². The second-order valence-electron chi connectivity index (χ2n) is 7.41. The maximum atomic E-state index is 5.30. The van der Waals surface area contributed by atoms with Gasteiger partial charge in [-0.05, 0) is 50.2 Å². The molecule has 0 aliphatic rings. The smallest absolute Gasteiger partial charge is 0.231 e. The second kappa shape index (κ2) is 11.3. The molecule has 0 spiro atoms. The van der Waals surface area contributed by atoms with Gasteiger partial charge in [0.05, 0.1) is 18.5 Å². The summed E-state index contributed by atoms with van der Waals surface area (Å²) in [6.45, 7) is 3.81. The van der Waals surface area contributed by atoms with Crippen molar-refractivity contribution >= 4 is 34.7 Å². The van der Waals surface area contributed by atoms with E-state index in [-0.39, 0.29) is 0 Å². The Morgan fingerprint density at radius 3 is 1.80 bits per heavy atom. The third-order valence-electron chi connectivity index (χ3n) is 4.92. The normalized spacial score (nSPS) is 11.6. The first-order chi connectivity index (χ1) is 17.1. The quantitative estimate of drug-likeness (QED) is 0.239. The molecule has 0 unspecified atom stereocenters. The van der Waals surface area contributed by atoms with E-state index in [0.29, 0.717) is 17.6 Å². The van der Waals surface area contributed by atoms with Gasteiger partial charge in [-0.1, -0.05) is 6.07 Å². The van der Waals surface area contributed by atoms with Gasteiger partial charge < -0.3 is 10.1 Å². The number of pyridine rings is 2. The number of hydrogen-bond acceptors (Lipinski definition) is 10. The zero-order chi connectivity index (χ0) is 24.5. The Labute approximate surface area is 203 Å². The van der Waals surface area contributed by atoms with Crippen molar-refractivity contribution in [2.45, 2.75) is 13.8 Å². The number of rotatable bonds is 9. The average molecular weight is 468 g/mol. The topological polar surface area (TPSA) is 122 Å². The molecule has 3 aromatic heterocycles. The maximum Gasteiger partial charge on any atom is 0.231 e. The minimum absolute atomic E-state index is 0.360. The number of benzene rings is 1. The van der Waals surface area contributed by atoms with E-state index in [2.05, 4.69) is 46.3 Å². The van der Waals surface area contributed by atoms with Crippen LogP contribution in [0.1, 0.15) is 25.0 Å². The van der Waals surface area contributed by atoms with Crippen molar-refractivity contribution < 1.29 is 4.74 Å². The van der Waals surface area contributed by atoms with Crippen molar-refractivity contribution in [3.8, 4) is 5.75 Å². The van der Waals surface area contributed by atoms with Gasteiger partial charge in [0.25, 0.3) is 0 Å². The summed E-state index contributed by atoms with van der Waals surface area (Å²) < 4.78 is 5.30. The van der Waals surface area contributed by atoms with E-state index in [0.717, 1.165) is 34.0 Å². The Balaban J connectivity index is 1.60. The van der Waals surface area contributed by atoms with Crippen LogP contribution >= 0.6 is 0 Å². The highest BCUT2D eigenvalue weighted by Crippen LogP contribution is 2.22. The monoisotopic (exact) mass is 467 g/mol. The van der Waals surface area contributed by atoms with Crippen molar-refractivity contribution in [1.29, 1.82) is 0 Å². The molecule has 1 aromatic carbocycles. The zero-order valence-electron chi connectivity index (χ0n) is 19.6. The Morgan fingerprint density at radius 2 is 1.29 bits per heavy atom. The van der Waals surface area contributed by atoms with Crippen molar-refractivity contribution in [2.75, 3.05) is 23.3 Å². The van der Waals surface area contributed by atoms with Crippen LogP contribution < -0.4 is 20.9 Å². The molecule has 0 aliphatic heterocycles. The molecule has 0 radical (unpaired) electrons. The van der Waals surface area contributed by atoms with Crippen molar-refractivity contribution in [1.82, 2.24) is 19.9 Å². The summed E-state index contributed by atoms with van der Waals surface area (Å²) in [4.78, 5) is 17.2. The Morgan fingerprint density at radius 1 is 0.743 bits per heavy atom. The Hall–Kier alpha value is -4.86. The molecule has 0 amide bonds. The molecular formula is C25H25N9O. The molecule has 176 valence electrons. The van der Waals surface area contributed by atoms with Gasteiger partial charge in [-0.2, -0.15) is 20.2 Å². The van der Waals surface area contributed by atoms with Crippen LogP contribution in [-0.2, 0) is 0 Å². The van der Waals surface area contributed by atoms with E-state index in [4.69, 9.17) is 4.74 Å². The minimum atomic E-state index is 0.360. The second-order valence-corrected chi connectivity index (χ2v) is 7.41. The lowest BCUT2D eigenvalue weighted by Gasteiger charge is -2.11. The summed E-state index contributed by atoms with van der Waals surface area (Å²) in [7, 11) is 1.62. The molecule has 0 saturated carbocycles. The number of methoxy groups -OCH3 is 1. The predicted octanol–water partition coefficient (Wildman–Crippen LogP) is 4.69. The molecule has 0 fully saturated rings. The van der Waals surface area contributed by atoms with E-state index in [9.17, 15) is 0 Å². The van der Waals surface area contributed by atoms with Crippen LogP contribution in [0.4, 0.5) is 23.3 Å². The van der Waals surface area contributed by atoms with Gasteiger partial charge >= 0.3 is 0 Å². The lowest BCUT2D eigenvalue weighted by Crippen LogP contribution is -2.06. The SMILES string of the molecule is COc1cccc(Nc2nc(N/N=C(/C)c3ccncc3)cc(N/N=C(/C)c3ccncc3)n2)c1. The van der Waals surface area contributed by atoms with E-state index >= 15 is 0 Å². The van der Waals surface area contributed by atoms with Gasteiger partial charge in [0.1, 0.15) is 5.75 Å². The average Bonchev–Trinajstić information content (AvgIpc) is 2.91. The van der Waals surface area contributed by atoms with Crippen LogP contribution in [0.5, 0.6) is 5.75 Å². The zero-order valence-corrected chi connectivity index (χ0v) is 19.6. The standard InChI is InChI=1S/C25H25N9O/c1-17(19-7-11-26-12-8-19)31-33-23-16-24(34-32-18(2)20-9-13-27-14-10-20)30-25(29-23)28-21-5-4-6-22(15-21)35-3/h4-16H,1-3H3,(H3,28,29,30,33,34)/b31-17-,32-18-. The first kappa shape index (κ1) is 23.3. The number of nitrogens with zero attached hydrogens (tertiary/aromatic N) is 6. The molecule has 10 heteroatoms. The van der Waals surface area contributed by atoms with Crippen molar-refractivity contribution in [3.63, 3.8) is 0 Å². The van der Waals surface area contributed by atoms with Gasteiger partial charge in [0.2, 0.25) is 5.95 Å². The molecule has 0 atom stereocenters. The molecule has 35 heavy (non-hydrogen) atoms. The van der Waals surface area contributed by atoms with Gasteiger partial charge in [0.15, 0.2) is 11.6 Å². The minimum Gasteiger partial charge on any atom is -0.497 e. The molecule has 0 bridgehead atoms. The fraction of sp³-hybridized carbons (Fsp3) is 0.120. The van der Waals surface area contributed by atoms with Gasteiger partial charge in [-0.3, -0.25) is 20.8 Å². The van der Waals surface area contributed by atoms with Gasteiger partial charge in [-0.15, -0.1) is 0 Å². The van der Waals surface area contributed by atoms with Gasteiger partial charge in [0, 0.05) is 53.7 Å². The molecule has 3 heterocycles. The van der Waals surface area contributed by atoms with Crippen LogP contribution in [-0.4, -0.2) is 38.5 Å². The highest BCUT2D eigenvalue weighted by molar-refractivity contribution is 5.99. The lowest BCUT2D eigenvalue weighted by molar-refractivity contribution is 0.415. The fourth-order valence-electron chi connectivity index (χ4n) is 3.05. The number of hydrogen-bond donors (Lipinski definition) is 3. The highest BCUT2D eigenvalue weighted by atomic mass is 16.5. The van der Waals surface area contributed by atoms with E-state index in [1.165, 1.54) is 0 Å². The molecular weight excluding hydrogens is 442 g/mol. The number of hydrazone groups is 2. The number of aromatic nitrogens is 4. The Kier molecular flexibility index (Phi) is 7.54. The highest BCUT2D eigenvalue weighted by Gasteiger charge is 2.07. The van der Waals surface area contributed by atoms with Crippen LogP contribution in [0, 0.1) is 0 Å². The third kappa shape index (κ3) is 6.57. The number of ether oxygens (including phenoxy) is 1. The molecule has 4 rings (SSSR count). The predicted molar refractivity (Wildman–Crippen MR) is 138 cm³/mol. The van der Waals surface area contributed by atoms with Crippen LogP contribution in [0.25, 0.3) is 0 Å². The van der Waals surface area contributed by atoms with Gasteiger partial charge in [-0.25, -0.2) is 0 Å². The fourth-order valence-corrected chi connectivity index (χ4v) is 3.05. The summed E-state index contributed by atoms with van der Waals surface area (Å²) >= 11 is 0. The first-order valence-corrected chi connectivity index (χ1v) is 10.8. The summed E-state index contributed by atoms with van der Waals surface area (Å²) in [6.07, 6.45) is 6.89. The largest absolute Gasteiger partial charge is 0.497 e. The third-order valence-corrected chi connectivity index (χ3v) is 4.92. The van der Waals surface area contributed by atoms with E-state index < -0.39 is 0 Å². The summed E-state index contributed by atoms with van der Waals surface area (Å²) in [6, 6.07) is 16.8. The summed E-state index contributed by atoms with van der Waals surface area (Å²) in [5.74, 6) is 2.05. The van der Waals surface area contributed by atoms with Crippen molar-refractivity contribution in [2.24, 2.45) is 10.2 Å². The maximum absolute atomic E-state index is 5.30. The molecule has 10 nitrogen and oxygen atoms in total. The molecule has 0 saturated heterocycles. The summed E-state index contributed by atoms with van der Waals surface area (Å²) in [5, 5.41) is 12.1. The number of nitrogens with one attached hydrogen (secondary N) is 3. The molecule has 4 aromatic rings. The van der Waals surface area contributed by atoms with Crippen LogP contribution in [0.15, 0.2) is 89.6 Å². The van der Waals surface area contributed by atoms with Crippen molar-refractivity contribution in [3.05, 3.63) is 90.5 Å². The van der Waals surface area contributed by atoms with E-state index in [1.807, 2.05) is 62.4 Å². The lowest BCUT2D eigenvalue weighted by atomic mass is 10.2. The first-order valence-electron chi connectivity index (χ1n) is 10.8.